The molecule has 0 bridgehead atoms. The molecule has 1 aliphatic heterocycles. The number of likely N-dealkylation sites (N-methyl/N-ethyl adjacent to an activating group) is 1. The Labute approximate surface area is 118 Å². The number of amides is 1. The maximum Gasteiger partial charge on any atom is 0.229 e. The molecule has 5 heteroatoms. The number of carbonyl (C=O) groups excluding carboxylic acids is 1. The van der Waals surface area contributed by atoms with E-state index in [1.807, 2.05) is 31.3 Å². The number of rotatable bonds is 4. The molecule has 104 valence electrons. The highest BCUT2D eigenvalue weighted by Crippen LogP contribution is 2.20. The third-order valence-electron chi connectivity index (χ3n) is 3.51. The van der Waals surface area contributed by atoms with Crippen LogP contribution in [0.15, 0.2) is 24.3 Å². The van der Waals surface area contributed by atoms with Crippen molar-refractivity contribution in [2.24, 2.45) is 5.92 Å². The first-order chi connectivity index (χ1) is 9.13. The molecule has 19 heavy (non-hydrogen) atoms. The van der Waals surface area contributed by atoms with Crippen molar-refractivity contribution in [3.05, 3.63) is 34.9 Å². The van der Waals surface area contributed by atoms with Gasteiger partial charge in [0, 0.05) is 24.7 Å². The molecule has 2 rings (SSSR count). The Kier molecular flexibility index (Phi) is 4.80. The first-order valence-electron chi connectivity index (χ1n) is 6.37. The molecule has 1 saturated heterocycles. The standard InChI is InChI=1S/C14H19ClN2O2/c1-16-13-9-19-8-11(13)14(18)17(2)7-10-5-3-4-6-12(10)15/h3-6,11,13,16H,7-9H2,1-2H3. The van der Waals surface area contributed by atoms with E-state index in [1.54, 1.807) is 11.9 Å². The first kappa shape index (κ1) is 14.3. The molecule has 1 N–H and O–H groups in total. The van der Waals surface area contributed by atoms with Crippen LogP contribution in [0.25, 0.3) is 0 Å². The Bertz CT molecular complexity index is 453. The summed E-state index contributed by atoms with van der Waals surface area (Å²) in [6.45, 7) is 1.59. The van der Waals surface area contributed by atoms with E-state index in [-0.39, 0.29) is 17.9 Å². The summed E-state index contributed by atoms with van der Waals surface area (Å²) in [4.78, 5) is 14.1. The van der Waals surface area contributed by atoms with Gasteiger partial charge in [-0.15, -0.1) is 0 Å². The minimum Gasteiger partial charge on any atom is -0.379 e. The number of hydrogen-bond donors (Lipinski definition) is 1. The number of nitrogens with one attached hydrogen (secondary N) is 1. The van der Waals surface area contributed by atoms with Gasteiger partial charge in [-0.1, -0.05) is 29.8 Å². The highest BCUT2D eigenvalue weighted by molar-refractivity contribution is 6.31. The van der Waals surface area contributed by atoms with Crippen molar-refractivity contribution in [3.63, 3.8) is 0 Å². The van der Waals surface area contributed by atoms with Gasteiger partial charge in [-0.2, -0.15) is 0 Å². The number of benzene rings is 1. The van der Waals surface area contributed by atoms with Crippen molar-refractivity contribution in [3.8, 4) is 0 Å². The maximum atomic E-state index is 12.4. The minimum absolute atomic E-state index is 0.0942. The Balaban J connectivity index is 2.02. The maximum absolute atomic E-state index is 12.4. The van der Waals surface area contributed by atoms with Gasteiger partial charge in [0.25, 0.3) is 0 Å². The van der Waals surface area contributed by atoms with Crippen LogP contribution in [-0.4, -0.2) is 44.2 Å². The van der Waals surface area contributed by atoms with Gasteiger partial charge in [-0.3, -0.25) is 4.79 Å². The fourth-order valence-electron chi connectivity index (χ4n) is 2.33. The number of hydrogen-bond acceptors (Lipinski definition) is 3. The van der Waals surface area contributed by atoms with Crippen LogP contribution in [-0.2, 0) is 16.1 Å². The average Bonchev–Trinajstić information content (AvgIpc) is 2.88. The fraction of sp³-hybridized carbons (Fsp3) is 0.500. The van der Waals surface area contributed by atoms with Crippen molar-refractivity contribution in [2.45, 2.75) is 12.6 Å². The molecule has 1 fully saturated rings. The second kappa shape index (κ2) is 6.37. The Morgan fingerprint density at radius 1 is 1.47 bits per heavy atom. The molecular formula is C14H19ClN2O2. The van der Waals surface area contributed by atoms with E-state index < -0.39 is 0 Å². The van der Waals surface area contributed by atoms with Crippen molar-refractivity contribution in [2.75, 3.05) is 27.3 Å². The van der Waals surface area contributed by atoms with E-state index in [1.165, 1.54) is 0 Å². The number of nitrogens with zero attached hydrogens (tertiary/aromatic N) is 1. The summed E-state index contributed by atoms with van der Waals surface area (Å²) < 4.78 is 5.37. The highest BCUT2D eigenvalue weighted by atomic mass is 35.5. The van der Waals surface area contributed by atoms with Crippen molar-refractivity contribution < 1.29 is 9.53 Å². The monoisotopic (exact) mass is 282 g/mol. The van der Waals surface area contributed by atoms with Gasteiger partial charge < -0.3 is 15.0 Å². The van der Waals surface area contributed by atoms with Crippen LogP contribution in [0, 0.1) is 5.92 Å². The van der Waals surface area contributed by atoms with E-state index in [2.05, 4.69) is 5.32 Å². The van der Waals surface area contributed by atoms with Gasteiger partial charge in [0.1, 0.15) is 0 Å². The first-order valence-corrected chi connectivity index (χ1v) is 6.74. The van der Waals surface area contributed by atoms with Crippen LogP contribution in [0.3, 0.4) is 0 Å². The summed E-state index contributed by atoms with van der Waals surface area (Å²) in [5.41, 5.74) is 0.958. The van der Waals surface area contributed by atoms with Crippen LogP contribution in [0.2, 0.25) is 5.02 Å². The molecular weight excluding hydrogens is 264 g/mol. The Morgan fingerprint density at radius 3 is 2.89 bits per heavy atom. The predicted molar refractivity (Wildman–Crippen MR) is 75.1 cm³/mol. The zero-order valence-electron chi connectivity index (χ0n) is 11.2. The summed E-state index contributed by atoms with van der Waals surface area (Å²) in [5, 5.41) is 3.82. The minimum atomic E-state index is -0.113. The normalized spacial score (nSPS) is 22.5. The molecule has 0 spiro atoms. The lowest BCUT2D eigenvalue weighted by Gasteiger charge is -2.24. The molecule has 2 atom stereocenters. The second-order valence-electron chi connectivity index (χ2n) is 4.82. The van der Waals surface area contributed by atoms with E-state index in [4.69, 9.17) is 16.3 Å². The third-order valence-corrected chi connectivity index (χ3v) is 3.88. The van der Waals surface area contributed by atoms with Gasteiger partial charge in [0.2, 0.25) is 5.91 Å². The molecule has 0 aromatic heterocycles. The number of carbonyl (C=O) groups is 1. The molecule has 2 unspecified atom stereocenters. The van der Waals surface area contributed by atoms with Crippen molar-refractivity contribution in [1.82, 2.24) is 10.2 Å². The van der Waals surface area contributed by atoms with E-state index in [0.29, 0.717) is 24.8 Å². The summed E-state index contributed by atoms with van der Waals surface area (Å²) in [6.07, 6.45) is 0. The largest absolute Gasteiger partial charge is 0.379 e. The van der Waals surface area contributed by atoms with Crippen LogP contribution >= 0.6 is 11.6 Å². The molecule has 1 heterocycles. The average molecular weight is 283 g/mol. The zero-order chi connectivity index (χ0) is 13.8. The molecule has 4 nitrogen and oxygen atoms in total. The lowest BCUT2D eigenvalue weighted by molar-refractivity contribution is -0.135. The predicted octanol–water partition coefficient (Wildman–Crippen LogP) is 1.53. The van der Waals surface area contributed by atoms with E-state index >= 15 is 0 Å². The quantitative estimate of drug-likeness (QED) is 0.911. The smallest absolute Gasteiger partial charge is 0.229 e. The zero-order valence-corrected chi connectivity index (χ0v) is 12.0. The summed E-state index contributed by atoms with van der Waals surface area (Å²) in [6, 6.07) is 7.68. The topological polar surface area (TPSA) is 41.6 Å². The SMILES string of the molecule is CNC1COCC1C(=O)N(C)Cc1ccccc1Cl. The Hall–Kier alpha value is -1.10. The van der Waals surface area contributed by atoms with E-state index in [0.717, 1.165) is 5.56 Å². The van der Waals surface area contributed by atoms with Crippen LogP contribution in [0.4, 0.5) is 0 Å². The molecule has 0 saturated carbocycles. The fourth-order valence-corrected chi connectivity index (χ4v) is 2.52. The number of ether oxygens (including phenoxy) is 1. The molecule has 1 aromatic rings. The van der Waals surface area contributed by atoms with Crippen molar-refractivity contribution in [1.29, 1.82) is 0 Å². The molecule has 1 aliphatic rings. The molecule has 1 amide bonds. The number of halogens is 1. The third kappa shape index (κ3) is 3.26. The lowest BCUT2D eigenvalue weighted by Crippen LogP contribution is -2.43. The van der Waals surface area contributed by atoms with Gasteiger partial charge in [-0.05, 0) is 18.7 Å². The van der Waals surface area contributed by atoms with Gasteiger partial charge in [-0.25, -0.2) is 0 Å². The molecule has 1 aromatic carbocycles. The Morgan fingerprint density at radius 2 is 2.21 bits per heavy atom. The molecule has 0 aliphatic carbocycles. The lowest BCUT2D eigenvalue weighted by atomic mass is 10.0. The van der Waals surface area contributed by atoms with E-state index in [9.17, 15) is 4.79 Å². The van der Waals surface area contributed by atoms with Gasteiger partial charge >= 0.3 is 0 Å². The highest BCUT2D eigenvalue weighted by Gasteiger charge is 2.34. The summed E-state index contributed by atoms with van der Waals surface area (Å²) in [5.74, 6) is -0.0192. The summed E-state index contributed by atoms with van der Waals surface area (Å²) in [7, 11) is 3.66. The molecule has 0 radical (unpaired) electrons. The van der Waals surface area contributed by atoms with Crippen LogP contribution < -0.4 is 5.32 Å². The second-order valence-corrected chi connectivity index (χ2v) is 5.23. The van der Waals surface area contributed by atoms with Gasteiger partial charge in [0.15, 0.2) is 0 Å². The van der Waals surface area contributed by atoms with Crippen LogP contribution in [0.1, 0.15) is 5.56 Å². The van der Waals surface area contributed by atoms with Crippen LogP contribution in [0.5, 0.6) is 0 Å². The summed E-state index contributed by atoms with van der Waals surface area (Å²) >= 11 is 6.11. The van der Waals surface area contributed by atoms with Gasteiger partial charge in [0.05, 0.1) is 19.1 Å². The van der Waals surface area contributed by atoms with Crippen molar-refractivity contribution >= 4 is 17.5 Å².